The van der Waals surface area contributed by atoms with Crippen molar-refractivity contribution < 1.29 is 9.59 Å². The normalized spacial score (nSPS) is 9.00. The third-order valence-electron chi connectivity index (χ3n) is 1.38. The molecule has 4 N–H and O–H groups in total. The Labute approximate surface area is 99.2 Å². The van der Waals surface area contributed by atoms with Crippen LogP contribution < -0.4 is 11.5 Å². The Balaban J connectivity index is 0.000000160. The molecule has 0 bridgehead atoms. The summed E-state index contributed by atoms with van der Waals surface area (Å²) in [7, 11) is 0. The van der Waals surface area contributed by atoms with Crippen LogP contribution in [0.5, 0.6) is 0 Å². The third kappa shape index (κ3) is 3.75. The second kappa shape index (κ2) is 5.93. The summed E-state index contributed by atoms with van der Waals surface area (Å²) in [6, 6.07) is 3.18. The lowest BCUT2D eigenvalue weighted by Gasteiger charge is -1.78. The molecule has 8 heteroatoms. The summed E-state index contributed by atoms with van der Waals surface area (Å²) in [5.41, 5.74) is 10.4. The van der Waals surface area contributed by atoms with Crippen molar-refractivity contribution in [2.24, 2.45) is 11.5 Å². The van der Waals surface area contributed by atoms with Crippen LogP contribution in [0.1, 0.15) is 21.0 Å². The summed E-state index contributed by atoms with van der Waals surface area (Å²) in [5, 5.41) is 3.42. The third-order valence-corrected chi connectivity index (χ3v) is 2.50. The van der Waals surface area contributed by atoms with Gasteiger partial charge in [0.2, 0.25) is 0 Å². The van der Waals surface area contributed by atoms with Gasteiger partial charge in [0.15, 0.2) is 0 Å². The molecule has 2 rings (SSSR count). The molecule has 0 atom stereocenters. The number of hydrogen-bond acceptors (Lipinski definition) is 6. The molecule has 2 heterocycles. The fourth-order valence-corrected chi connectivity index (χ4v) is 1.71. The van der Waals surface area contributed by atoms with E-state index in [0.29, 0.717) is 11.4 Å². The predicted molar refractivity (Wildman–Crippen MR) is 61.3 cm³/mol. The van der Waals surface area contributed by atoms with Crippen LogP contribution in [0.3, 0.4) is 0 Å². The Morgan fingerprint density at radius 1 is 0.938 bits per heavy atom. The average molecular weight is 256 g/mol. The Bertz CT molecular complexity index is 408. The minimum Gasteiger partial charge on any atom is -0.364 e. The molecular weight excluding hydrogens is 248 g/mol. The van der Waals surface area contributed by atoms with Crippen molar-refractivity contribution in [3.63, 3.8) is 0 Å². The van der Waals surface area contributed by atoms with E-state index in [1.807, 2.05) is 0 Å². The van der Waals surface area contributed by atoms with Crippen LogP contribution in [0.15, 0.2) is 22.9 Å². The number of carbonyl (C=O) groups is 2. The first-order valence-corrected chi connectivity index (χ1v) is 5.69. The lowest BCUT2D eigenvalue weighted by atomic mass is 10.4. The number of nitrogens with two attached hydrogens (primary N) is 2. The fraction of sp³-hybridized carbons (Fsp3) is 0. The summed E-state index contributed by atoms with van der Waals surface area (Å²) < 4.78 is 7.37. The van der Waals surface area contributed by atoms with Crippen molar-refractivity contribution in [3.8, 4) is 0 Å². The highest BCUT2D eigenvalue weighted by molar-refractivity contribution is 7.03. The molecule has 0 aromatic carbocycles. The van der Waals surface area contributed by atoms with Crippen molar-refractivity contribution in [2.75, 3.05) is 0 Å². The number of rotatable bonds is 2. The zero-order chi connectivity index (χ0) is 12.0. The average Bonchev–Trinajstić information content (AvgIpc) is 2.93. The van der Waals surface area contributed by atoms with Gasteiger partial charge in [-0.1, -0.05) is 0 Å². The number of nitrogens with zero attached hydrogens (tertiary/aromatic N) is 2. The van der Waals surface area contributed by atoms with Gasteiger partial charge >= 0.3 is 0 Å². The van der Waals surface area contributed by atoms with Gasteiger partial charge in [0, 0.05) is 10.8 Å². The topological polar surface area (TPSA) is 112 Å². The largest absolute Gasteiger partial charge is 0.364 e. The SMILES string of the molecule is NC(=O)c1ccsn1.NC(=O)c1ccsn1. The van der Waals surface area contributed by atoms with Crippen molar-refractivity contribution in [2.45, 2.75) is 0 Å². The van der Waals surface area contributed by atoms with Crippen LogP contribution in [-0.4, -0.2) is 20.6 Å². The minimum absolute atomic E-state index is 0.343. The van der Waals surface area contributed by atoms with E-state index < -0.39 is 11.8 Å². The minimum atomic E-state index is -0.466. The number of primary amides is 2. The lowest BCUT2D eigenvalue weighted by Crippen LogP contribution is -2.10. The maximum absolute atomic E-state index is 10.2. The van der Waals surface area contributed by atoms with E-state index in [0.717, 1.165) is 0 Å². The second-order valence-corrected chi connectivity index (χ2v) is 3.83. The number of carbonyl (C=O) groups excluding carboxylic acids is 2. The van der Waals surface area contributed by atoms with Gasteiger partial charge in [0.05, 0.1) is 0 Å². The van der Waals surface area contributed by atoms with Crippen LogP contribution >= 0.6 is 23.1 Å². The van der Waals surface area contributed by atoms with Gasteiger partial charge in [0.1, 0.15) is 11.4 Å². The highest BCUT2D eigenvalue weighted by Gasteiger charge is 1.98. The monoisotopic (exact) mass is 256 g/mol. The summed E-state index contributed by atoms with van der Waals surface area (Å²) in [4.78, 5) is 20.5. The van der Waals surface area contributed by atoms with Crippen LogP contribution in [0.25, 0.3) is 0 Å². The van der Waals surface area contributed by atoms with Gasteiger partial charge in [-0.05, 0) is 35.2 Å². The van der Waals surface area contributed by atoms with Crippen molar-refractivity contribution in [1.82, 2.24) is 8.75 Å². The Morgan fingerprint density at radius 3 is 1.44 bits per heavy atom. The Morgan fingerprint density at radius 2 is 1.31 bits per heavy atom. The fourth-order valence-electron chi connectivity index (χ4n) is 0.679. The molecular formula is C8H8N4O2S2. The van der Waals surface area contributed by atoms with Gasteiger partial charge in [-0.15, -0.1) is 0 Å². The van der Waals surface area contributed by atoms with Gasteiger partial charge in [-0.25, -0.2) is 0 Å². The van der Waals surface area contributed by atoms with Gasteiger partial charge < -0.3 is 11.5 Å². The molecule has 0 radical (unpaired) electrons. The quantitative estimate of drug-likeness (QED) is 0.813. The van der Waals surface area contributed by atoms with Gasteiger partial charge in [0.25, 0.3) is 11.8 Å². The standard InChI is InChI=1S/2C4H4N2OS/c2*5-4(7)3-1-2-8-6-3/h2*1-2H,(H2,5,7). The zero-order valence-electron chi connectivity index (χ0n) is 7.99. The van der Waals surface area contributed by atoms with Gasteiger partial charge in [-0.3, -0.25) is 9.59 Å². The van der Waals surface area contributed by atoms with Crippen LogP contribution in [0, 0.1) is 0 Å². The first-order valence-electron chi connectivity index (χ1n) is 4.01. The molecule has 0 saturated carbocycles. The molecule has 0 aliphatic rings. The first kappa shape index (κ1) is 12.3. The van der Waals surface area contributed by atoms with E-state index in [2.05, 4.69) is 8.75 Å². The molecule has 2 amide bonds. The number of amides is 2. The molecule has 0 spiro atoms. The molecule has 84 valence electrons. The zero-order valence-corrected chi connectivity index (χ0v) is 9.62. The Kier molecular flexibility index (Phi) is 4.55. The summed E-state index contributed by atoms with van der Waals surface area (Å²) in [6.45, 7) is 0. The van der Waals surface area contributed by atoms with Crippen molar-refractivity contribution in [1.29, 1.82) is 0 Å². The molecule has 0 saturated heterocycles. The maximum atomic E-state index is 10.2. The summed E-state index contributed by atoms with van der Waals surface area (Å²) in [6.07, 6.45) is 0. The second-order valence-electron chi connectivity index (χ2n) is 2.50. The van der Waals surface area contributed by atoms with Gasteiger partial charge in [-0.2, -0.15) is 8.75 Å². The van der Waals surface area contributed by atoms with E-state index in [4.69, 9.17) is 11.5 Å². The van der Waals surface area contributed by atoms with Crippen LogP contribution in [-0.2, 0) is 0 Å². The lowest BCUT2D eigenvalue weighted by molar-refractivity contribution is 0.0988. The summed E-state index contributed by atoms with van der Waals surface area (Å²) >= 11 is 2.43. The molecule has 0 aliphatic heterocycles. The van der Waals surface area contributed by atoms with Crippen LogP contribution in [0.4, 0.5) is 0 Å². The van der Waals surface area contributed by atoms with E-state index >= 15 is 0 Å². The molecule has 2 aromatic heterocycles. The molecule has 16 heavy (non-hydrogen) atoms. The predicted octanol–water partition coefficient (Wildman–Crippen LogP) is 0.484. The Hall–Kier alpha value is -1.80. The van der Waals surface area contributed by atoms with E-state index in [-0.39, 0.29) is 0 Å². The number of hydrogen-bond donors (Lipinski definition) is 2. The first-order chi connectivity index (χ1) is 7.61. The van der Waals surface area contributed by atoms with E-state index in [9.17, 15) is 9.59 Å². The van der Waals surface area contributed by atoms with Crippen LogP contribution in [0.2, 0.25) is 0 Å². The molecule has 2 aromatic rings. The summed E-state index contributed by atoms with van der Waals surface area (Å²) in [5.74, 6) is -0.933. The van der Waals surface area contributed by atoms with E-state index in [1.165, 1.54) is 23.1 Å². The molecule has 6 nitrogen and oxygen atoms in total. The number of aromatic nitrogens is 2. The highest BCUT2D eigenvalue weighted by atomic mass is 32.1. The van der Waals surface area contributed by atoms with E-state index in [1.54, 1.807) is 22.9 Å². The maximum Gasteiger partial charge on any atom is 0.268 e. The molecule has 0 unspecified atom stereocenters. The highest BCUT2D eigenvalue weighted by Crippen LogP contribution is 1.97. The smallest absolute Gasteiger partial charge is 0.268 e. The molecule has 0 fully saturated rings. The molecule has 0 aliphatic carbocycles. The van der Waals surface area contributed by atoms with Crippen molar-refractivity contribution >= 4 is 34.9 Å². The van der Waals surface area contributed by atoms with Crippen molar-refractivity contribution in [3.05, 3.63) is 34.3 Å².